The Morgan fingerprint density at radius 1 is 1.33 bits per heavy atom. The fourth-order valence-corrected chi connectivity index (χ4v) is 6.26. The lowest BCUT2D eigenvalue weighted by Crippen LogP contribution is -2.46. The average Bonchev–Trinajstić information content (AvgIpc) is 3.27. The zero-order chi connectivity index (χ0) is 21.4. The third kappa shape index (κ3) is 4.09. The molecule has 2 aromatic rings. The maximum Gasteiger partial charge on any atom is 0.224 e. The number of nitrogens with zero attached hydrogens (tertiary/aromatic N) is 2. The number of carbonyl (C=O) groups excluding carboxylic acids is 2. The van der Waals surface area contributed by atoms with E-state index >= 15 is 0 Å². The summed E-state index contributed by atoms with van der Waals surface area (Å²) in [5.41, 5.74) is 12.5. The van der Waals surface area contributed by atoms with Crippen LogP contribution in [0.2, 0.25) is 5.28 Å². The van der Waals surface area contributed by atoms with Crippen LogP contribution in [-0.4, -0.2) is 38.7 Å². The molecule has 0 spiro atoms. The van der Waals surface area contributed by atoms with Crippen molar-refractivity contribution < 1.29 is 14.0 Å². The third-order valence-corrected chi connectivity index (χ3v) is 7.51. The summed E-state index contributed by atoms with van der Waals surface area (Å²) < 4.78 is 14.1. The first kappa shape index (κ1) is 20.9. The van der Waals surface area contributed by atoms with E-state index in [1.54, 1.807) is 36.0 Å². The van der Waals surface area contributed by atoms with Crippen molar-refractivity contribution >= 4 is 46.6 Å². The van der Waals surface area contributed by atoms with Gasteiger partial charge in [-0.25, -0.2) is 9.37 Å². The predicted octanol–water partition coefficient (Wildman–Crippen LogP) is 2.76. The molecule has 1 aromatic heterocycles. The van der Waals surface area contributed by atoms with E-state index in [9.17, 15) is 14.0 Å². The van der Waals surface area contributed by atoms with Gasteiger partial charge in [0.2, 0.25) is 11.2 Å². The van der Waals surface area contributed by atoms with Crippen molar-refractivity contribution in [1.29, 1.82) is 0 Å². The average molecular weight is 450 g/mol. The summed E-state index contributed by atoms with van der Waals surface area (Å²) >= 11 is 7.35. The highest BCUT2D eigenvalue weighted by Gasteiger charge is 2.55. The fourth-order valence-electron chi connectivity index (χ4n) is 4.68. The highest BCUT2D eigenvalue weighted by atomic mass is 35.5. The number of nitrogens with one attached hydrogen (secondary N) is 1. The van der Waals surface area contributed by atoms with E-state index in [0.29, 0.717) is 17.0 Å². The standard InChI is InChI=1S/C20H21ClFN5O2S/c21-20-25-7-13(22)19(27-20)26-17-12-5-10(16(17)18(24)29)6-15(12)30-8-14(28)9-2-1-3-11(23)4-9/h1-4,7,10,12,15-17H,5-6,8,23H2,(H2,24,29)(H,25,26,27)/t10-,12+,15+,16-,17+/m0/s1. The number of primary amides is 1. The number of nitrogens with two attached hydrogens (primary N) is 2. The van der Waals surface area contributed by atoms with E-state index in [1.807, 2.05) is 0 Å². The summed E-state index contributed by atoms with van der Waals surface area (Å²) in [6.07, 6.45) is 2.56. The molecule has 10 heteroatoms. The third-order valence-electron chi connectivity index (χ3n) is 5.93. The number of rotatable bonds is 7. The smallest absolute Gasteiger partial charge is 0.224 e. The number of carbonyl (C=O) groups is 2. The summed E-state index contributed by atoms with van der Waals surface area (Å²) in [5, 5.41) is 3.10. The molecule has 4 rings (SSSR count). The van der Waals surface area contributed by atoms with Gasteiger partial charge in [0.05, 0.1) is 17.9 Å². The van der Waals surface area contributed by atoms with Crippen molar-refractivity contribution in [2.45, 2.75) is 24.1 Å². The molecule has 1 amide bonds. The molecule has 158 valence electrons. The summed E-state index contributed by atoms with van der Waals surface area (Å²) in [6, 6.07) is 6.53. The molecule has 2 fully saturated rings. The maximum atomic E-state index is 14.1. The number of aromatic nitrogens is 2. The zero-order valence-corrected chi connectivity index (χ0v) is 17.5. The molecule has 2 bridgehead atoms. The quantitative estimate of drug-likeness (QED) is 0.337. The molecular weight excluding hydrogens is 429 g/mol. The minimum Gasteiger partial charge on any atom is -0.399 e. The van der Waals surface area contributed by atoms with E-state index in [4.69, 9.17) is 23.1 Å². The molecule has 2 aliphatic carbocycles. The van der Waals surface area contributed by atoms with Gasteiger partial charge < -0.3 is 16.8 Å². The molecule has 7 nitrogen and oxygen atoms in total. The van der Waals surface area contributed by atoms with Crippen molar-refractivity contribution in [3.8, 4) is 0 Å². The normalized spacial score (nSPS) is 27.2. The summed E-state index contributed by atoms with van der Waals surface area (Å²) in [5.74, 6) is -1.09. The first-order chi connectivity index (χ1) is 14.3. The number of thioether (sulfide) groups is 1. The Morgan fingerprint density at radius 3 is 2.87 bits per heavy atom. The SMILES string of the molecule is NC(=O)[C@H]1[C@H]2C[C@@H]([C@H]1Nc1nc(Cl)ncc1F)[C@H](SCC(=O)c1cccc(N)c1)C2. The van der Waals surface area contributed by atoms with Crippen LogP contribution in [0.1, 0.15) is 23.2 Å². The van der Waals surface area contributed by atoms with Crippen LogP contribution in [0.5, 0.6) is 0 Å². The van der Waals surface area contributed by atoms with Crippen LogP contribution in [0.4, 0.5) is 15.9 Å². The number of benzene rings is 1. The number of halogens is 2. The van der Waals surface area contributed by atoms with Gasteiger partial charge in [-0.3, -0.25) is 9.59 Å². The van der Waals surface area contributed by atoms with Crippen molar-refractivity contribution in [2.75, 3.05) is 16.8 Å². The van der Waals surface area contributed by atoms with Gasteiger partial charge in [0, 0.05) is 22.5 Å². The molecule has 0 saturated heterocycles. The minimum absolute atomic E-state index is 0.000314. The summed E-state index contributed by atoms with van der Waals surface area (Å²) in [7, 11) is 0. The van der Waals surface area contributed by atoms with Gasteiger partial charge in [0.25, 0.3) is 0 Å². The molecule has 0 aliphatic heterocycles. The van der Waals surface area contributed by atoms with Crippen LogP contribution in [0.3, 0.4) is 0 Å². The lowest BCUT2D eigenvalue weighted by molar-refractivity contribution is -0.123. The lowest BCUT2D eigenvalue weighted by atomic mass is 9.83. The Morgan fingerprint density at radius 2 is 2.13 bits per heavy atom. The highest BCUT2D eigenvalue weighted by Crippen LogP contribution is 2.53. The Labute approximate surface area is 182 Å². The van der Waals surface area contributed by atoms with Crippen molar-refractivity contribution in [1.82, 2.24) is 9.97 Å². The van der Waals surface area contributed by atoms with Crippen LogP contribution in [-0.2, 0) is 4.79 Å². The van der Waals surface area contributed by atoms with E-state index in [-0.39, 0.29) is 40.0 Å². The van der Waals surface area contributed by atoms with Crippen LogP contribution in [0.15, 0.2) is 30.5 Å². The Balaban J connectivity index is 1.47. The van der Waals surface area contributed by atoms with Gasteiger partial charge in [-0.15, -0.1) is 11.8 Å². The number of ketones is 1. The Kier molecular flexibility index (Phi) is 5.84. The predicted molar refractivity (Wildman–Crippen MR) is 115 cm³/mol. The number of anilines is 2. The molecule has 0 unspecified atom stereocenters. The molecule has 30 heavy (non-hydrogen) atoms. The number of Topliss-reactive ketones (excluding diaryl/α,β-unsaturated/α-hetero) is 1. The van der Waals surface area contributed by atoms with Crippen LogP contribution in [0, 0.1) is 23.6 Å². The van der Waals surface area contributed by atoms with E-state index < -0.39 is 17.6 Å². The number of hydrogen-bond donors (Lipinski definition) is 3. The molecule has 5 N–H and O–H groups in total. The van der Waals surface area contributed by atoms with E-state index in [1.165, 1.54) is 0 Å². The van der Waals surface area contributed by atoms with Crippen LogP contribution in [0.25, 0.3) is 0 Å². The van der Waals surface area contributed by atoms with Gasteiger partial charge in [-0.1, -0.05) is 12.1 Å². The van der Waals surface area contributed by atoms with Gasteiger partial charge in [0.1, 0.15) is 0 Å². The Hall–Kier alpha value is -2.39. The topological polar surface area (TPSA) is 124 Å². The molecule has 5 atom stereocenters. The molecule has 1 heterocycles. The van der Waals surface area contributed by atoms with Gasteiger partial charge in [-0.05, 0) is 48.4 Å². The number of amides is 1. The fraction of sp³-hybridized carbons (Fsp3) is 0.400. The van der Waals surface area contributed by atoms with Crippen molar-refractivity contribution in [2.24, 2.45) is 23.5 Å². The van der Waals surface area contributed by atoms with Crippen molar-refractivity contribution in [3.63, 3.8) is 0 Å². The van der Waals surface area contributed by atoms with E-state index in [2.05, 4.69) is 15.3 Å². The first-order valence-electron chi connectivity index (χ1n) is 9.57. The van der Waals surface area contributed by atoms with Gasteiger partial charge in [0.15, 0.2) is 17.4 Å². The molecular formula is C20H21ClFN5O2S. The number of hydrogen-bond acceptors (Lipinski definition) is 7. The molecule has 0 radical (unpaired) electrons. The second-order valence-electron chi connectivity index (χ2n) is 7.73. The summed E-state index contributed by atoms with van der Waals surface area (Å²) in [4.78, 5) is 32.1. The zero-order valence-electron chi connectivity index (χ0n) is 15.9. The molecule has 1 aromatic carbocycles. The maximum absolute atomic E-state index is 14.1. The van der Waals surface area contributed by atoms with Crippen molar-refractivity contribution in [3.05, 3.63) is 47.1 Å². The van der Waals surface area contributed by atoms with Crippen LogP contribution < -0.4 is 16.8 Å². The second kappa shape index (κ2) is 8.39. The largest absolute Gasteiger partial charge is 0.399 e. The van der Waals surface area contributed by atoms with E-state index in [0.717, 1.165) is 19.0 Å². The number of fused-ring (bicyclic) bond motifs is 2. The molecule has 2 aliphatic rings. The van der Waals surface area contributed by atoms with Crippen LogP contribution >= 0.6 is 23.4 Å². The number of nitrogen functional groups attached to an aromatic ring is 1. The second-order valence-corrected chi connectivity index (χ2v) is 9.29. The highest BCUT2D eigenvalue weighted by molar-refractivity contribution is 8.00. The van der Waals surface area contributed by atoms with Gasteiger partial charge in [-0.2, -0.15) is 4.98 Å². The Bertz CT molecular complexity index is 993. The van der Waals surface area contributed by atoms with Gasteiger partial charge >= 0.3 is 0 Å². The summed E-state index contributed by atoms with van der Waals surface area (Å²) in [6.45, 7) is 0. The minimum atomic E-state index is -0.647. The molecule has 2 saturated carbocycles. The monoisotopic (exact) mass is 449 g/mol. The lowest BCUT2D eigenvalue weighted by Gasteiger charge is -2.34. The first-order valence-corrected chi connectivity index (χ1v) is 11.0.